The van der Waals surface area contributed by atoms with Gasteiger partial charge in [0.2, 0.25) is 17.7 Å². The van der Waals surface area contributed by atoms with Gasteiger partial charge in [-0.2, -0.15) is 0 Å². The largest absolute Gasteiger partial charge is 0.366 e. The fraction of sp³-hybridized carbons (Fsp3) is 0.471. The maximum atomic E-state index is 12.3. The Labute approximate surface area is 140 Å². The quantitative estimate of drug-likeness (QED) is 0.801. The van der Waals surface area contributed by atoms with Crippen LogP contribution in [0.5, 0.6) is 0 Å². The van der Waals surface area contributed by atoms with Crippen LogP contribution < -0.4 is 16.4 Å². The number of nitrogens with zero attached hydrogens (tertiary/aromatic N) is 2. The summed E-state index contributed by atoms with van der Waals surface area (Å²) in [6.07, 6.45) is 1.14. The number of rotatable bonds is 4. The highest BCUT2D eigenvalue weighted by Crippen LogP contribution is 2.31. The fourth-order valence-electron chi connectivity index (χ4n) is 3.46. The van der Waals surface area contributed by atoms with Gasteiger partial charge in [-0.1, -0.05) is 0 Å². The Morgan fingerprint density at radius 3 is 2.79 bits per heavy atom. The zero-order chi connectivity index (χ0) is 17.4. The minimum atomic E-state index is -0.496. The van der Waals surface area contributed by atoms with Crippen molar-refractivity contribution in [2.75, 3.05) is 24.5 Å². The summed E-state index contributed by atoms with van der Waals surface area (Å²) in [6.45, 7) is 3.57. The van der Waals surface area contributed by atoms with Gasteiger partial charge in [-0.25, -0.2) is 0 Å². The molecule has 24 heavy (non-hydrogen) atoms. The highest BCUT2D eigenvalue weighted by atomic mass is 16.2. The number of hydrogen-bond donors (Lipinski definition) is 2. The number of likely N-dealkylation sites (tertiary alicyclic amines) is 1. The molecular weight excluding hydrogens is 308 g/mol. The standard InChI is InChI=1S/C17H22N4O3/c1-10(18)17(24)20-5-4-11(8-20)9-21-14-3-2-12(16(19)23)6-13(14)7-15(21)22/h2-3,6,10-11H,4-5,7-9,18H2,1H3,(H2,19,23)/t10-,11+/m0/s1. The third-order valence-corrected chi connectivity index (χ3v) is 4.73. The van der Waals surface area contributed by atoms with E-state index in [0.717, 1.165) is 17.7 Å². The van der Waals surface area contributed by atoms with Crippen LogP contribution in [0, 0.1) is 5.92 Å². The van der Waals surface area contributed by atoms with Crippen molar-refractivity contribution >= 4 is 23.4 Å². The smallest absolute Gasteiger partial charge is 0.248 e. The van der Waals surface area contributed by atoms with Crippen molar-refractivity contribution < 1.29 is 14.4 Å². The van der Waals surface area contributed by atoms with Crippen molar-refractivity contribution in [1.82, 2.24) is 4.90 Å². The van der Waals surface area contributed by atoms with Crippen LogP contribution in [-0.2, 0) is 16.0 Å². The molecule has 0 saturated carbocycles. The van der Waals surface area contributed by atoms with Gasteiger partial charge < -0.3 is 21.3 Å². The lowest BCUT2D eigenvalue weighted by Gasteiger charge is -2.23. The SMILES string of the molecule is C[C@H](N)C(=O)N1CC[C@@H](CN2C(=O)Cc3cc(C(N)=O)ccc32)C1. The first-order valence-electron chi connectivity index (χ1n) is 8.14. The average molecular weight is 330 g/mol. The van der Waals surface area contributed by atoms with Crippen LogP contribution >= 0.6 is 0 Å². The van der Waals surface area contributed by atoms with Crippen LogP contribution in [0.3, 0.4) is 0 Å². The summed E-state index contributed by atoms with van der Waals surface area (Å²) in [5.74, 6) is -0.289. The number of carbonyl (C=O) groups is 3. The predicted molar refractivity (Wildman–Crippen MR) is 89.4 cm³/mol. The maximum absolute atomic E-state index is 12.3. The van der Waals surface area contributed by atoms with Gasteiger partial charge in [0.25, 0.3) is 0 Å². The third-order valence-electron chi connectivity index (χ3n) is 4.73. The second kappa shape index (κ2) is 6.24. The molecule has 2 heterocycles. The van der Waals surface area contributed by atoms with E-state index in [2.05, 4.69) is 0 Å². The van der Waals surface area contributed by atoms with E-state index in [0.29, 0.717) is 25.2 Å². The molecule has 0 aliphatic carbocycles. The Balaban J connectivity index is 1.70. The number of anilines is 1. The lowest BCUT2D eigenvalue weighted by atomic mass is 10.1. The highest BCUT2D eigenvalue weighted by molar-refractivity contribution is 6.03. The topological polar surface area (TPSA) is 110 Å². The molecule has 1 aromatic carbocycles. The molecule has 0 spiro atoms. The van der Waals surface area contributed by atoms with Crippen molar-refractivity contribution in [3.05, 3.63) is 29.3 Å². The van der Waals surface area contributed by atoms with Crippen LogP contribution in [0.2, 0.25) is 0 Å². The molecule has 4 N–H and O–H groups in total. The number of benzene rings is 1. The summed E-state index contributed by atoms with van der Waals surface area (Å²) in [5.41, 5.74) is 13.0. The molecule has 7 heteroatoms. The summed E-state index contributed by atoms with van der Waals surface area (Å²) in [7, 11) is 0. The van der Waals surface area contributed by atoms with Crippen molar-refractivity contribution in [3.8, 4) is 0 Å². The lowest BCUT2D eigenvalue weighted by molar-refractivity contribution is -0.131. The van der Waals surface area contributed by atoms with Gasteiger partial charge in [-0.05, 0) is 43.0 Å². The first-order chi connectivity index (χ1) is 11.4. The summed E-state index contributed by atoms with van der Waals surface area (Å²) >= 11 is 0. The van der Waals surface area contributed by atoms with Crippen molar-refractivity contribution in [2.45, 2.75) is 25.8 Å². The Morgan fingerprint density at radius 2 is 2.12 bits per heavy atom. The van der Waals surface area contributed by atoms with Gasteiger partial charge in [-0.15, -0.1) is 0 Å². The zero-order valence-electron chi connectivity index (χ0n) is 13.7. The number of primary amides is 1. The van der Waals surface area contributed by atoms with Crippen molar-refractivity contribution in [3.63, 3.8) is 0 Å². The normalized spacial score (nSPS) is 21.1. The first kappa shape index (κ1) is 16.4. The lowest BCUT2D eigenvalue weighted by Crippen LogP contribution is -2.41. The first-order valence-corrected chi connectivity index (χ1v) is 8.14. The van der Waals surface area contributed by atoms with Crippen molar-refractivity contribution in [1.29, 1.82) is 0 Å². The third kappa shape index (κ3) is 2.99. The van der Waals surface area contributed by atoms with Crippen LogP contribution in [0.15, 0.2) is 18.2 Å². The Hall–Kier alpha value is -2.41. The Morgan fingerprint density at radius 1 is 1.38 bits per heavy atom. The van der Waals surface area contributed by atoms with Gasteiger partial charge in [0.15, 0.2) is 0 Å². The molecule has 0 unspecified atom stereocenters. The number of amides is 3. The second-order valence-electron chi connectivity index (χ2n) is 6.62. The minimum Gasteiger partial charge on any atom is -0.366 e. The monoisotopic (exact) mass is 330 g/mol. The molecular formula is C17H22N4O3. The molecule has 0 aromatic heterocycles. The van der Waals surface area contributed by atoms with E-state index in [1.807, 2.05) is 0 Å². The van der Waals surface area contributed by atoms with Gasteiger partial charge in [0.05, 0.1) is 12.5 Å². The van der Waals surface area contributed by atoms with Crippen LogP contribution in [0.25, 0.3) is 0 Å². The van der Waals surface area contributed by atoms with E-state index in [4.69, 9.17) is 11.5 Å². The van der Waals surface area contributed by atoms with Gasteiger partial charge in [0, 0.05) is 30.9 Å². The van der Waals surface area contributed by atoms with Crippen LogP contribution in [-0.4, -0.2) is 48.3 Å². The molecule has 1 saturated heterocycles. The maximum Gasteiger partial charge on any atom is 0.248 e. The van der Waals surface area contributed by atoms with E-state index in [9.17, 15) is 14.4 Å². The minimum absolute atomic E-state index is 0.0172. The number of carbonyl (C=O) groups excluding carboxylic acids is 3. The molecule has 2 atom stereocenters. The second-order valence-corrected chi connectivity index (χ2v) is 6.62. The number of hydrogen-bond acceptors (Lipinski definition) is 4. The zero-order valence-corrected chi connectivity index (χ0v) is 13.7. The molecule has 7 nitrogen and oxygen atoms in total. The van der Waals surface area contributed by atoms with Crippen LogP contribution in [0.4, 0.5) is 5.69 Å². The fourth-order valence-corrected chi connectivity index (χ4v) is 3.46. The summed E-state index contributed by atoms with van der Waals surface area (Å²) < 4.78 is 0. The molecule has 1 aromatic rings. The summed E-state index contributed by atoms with van der Waals surface area (Å²) in [4.78, 5) is 39.1. The van der Waals surface area contributed by atoms with E-state index >= 15 is 0 Å². The molecule has 2 aliphatic rings. The molecule has 128 valence electrons. The van der Waals surface area contributed by atoms with Crippen LogP contribution in [0.1, 0.15) is 29.3 Å². The molecule has 0 radical (unpaired) electrons. The van der Waals surface area contributed by atoms with Gasteiger partial charge >= 0.3 is 0 Å². The van der Waals surface area contributed by atoms with E-state index in [1.54, 1.807) is 34.9 Å². The highest BCUT2D eigenvalue weighted by Gasteiger charge is 2.33. The molecule has 3 amide bonds. The van der Waals surface area contributed by atoms with Gasteiger partial charge in [-0.3, -0.25) is 14.4 Å². The molecule has 3 rings (SSSR count). The Bertz CT molecular complexity index is 701. The molecule has 1 fully saturated rings. The Kier molecular flexibility index (Phi) is 4.28. The number of nitrogens with two attached hydrogens (primary N) is 2. The predicted octanol–water partition coefficient (Wildman–Crippen LogP) is -0.130. The van der Waals surface area contributed by atoms with E-state index < -0.39 is 11.9 Å². The average Bonchev–Trinajstić information content (AvgIpc) is 3.11. The van der Waals surface area contributed by atoms with Gasteiger partial charge in [0.1, 0.15) is 0 Å². The van der Waals surface area contributed by atoms with E-state index in [-0.39, 0.29) is 24.2 Å². The number of fused-ring (bicyclic) bond motifs is 1. The molecule has 2 aliphatic heterocycles. The summed E-state index contributed by atoms with van der Waals surface area (Å²) in [5, 5.41) is 0. The van der Waals surface area contributed by atoms with Crippen molar-refractivity contribution in [2.24, 2.45) is 17.4 Å². The van der Waals surface area contributed by atoms with E-state index in [1.165, 1.54) is 0 Å². The molecule has 0 bridgehead atoms. The summed E-state index contributed by atoms with van der Waals surface area (Å²) in [6, 6.07) is 4.62.